The summed E-state index contributed by atoms with van der Waals surface area (Å²) in [5.41, 5.74) is 0.693. The number of ether oxygens (including phenoxy) is 2. The van der Waals surface area contributed by atoms with E-state index in [-0.39, 0.29) is 5.60 Å². The summed E-state index contributed by atoms with van der Waals surface area (Å²) in [5.74, 6) is 1.86. The molecule has 134 valence electrons. The van der Waals surface area contributed by atoms with Crippen molar-refractivity contribution in [3.05, 3.63) is 0 Å². The lowest BCUT2D eigenvalue weighted by atomic mass is 9.59. The highest BCUT2D eigenvalue weighted by atomic mass is 16.6. The van der Waals surface area contributed by atoms with E-state index < -0.39 is 0 Å². The summed E-state index contributed by atoms with van der Waals surface area (Å²) in [4.78, 5) is 0. The Bertz CT molecular complexity index is 358. The fourth-order valence-electron chi connectivity index (χ4n) is 5.42. The van der Waals surface area contributed by atoms with Gasteiger partial charge in [0.25, 0.3) is 0 Å². The fourth-order valence-corrected chi connectivity index (χ4v) is 5.42. The molecule has 0 aromatic rings. The van der Waals surface area contributed by atoms with Crippen LogP contribution in [0.5, 0.6) is 0 Å². The zero-order valence-electron chi connectivity index (χ0n) is 15.7. The smallest absolute Gasteiger partial charge is 0.104 e. The van der Waals surface area contributed by atoms with Gasteiger partial charge in [0.15, 0.2) is 0 Å². The molecule has 1 saturated heterocycles. The molecule has 0 amide bonds. The van der Waals surface area contributed by atoms with E-state index in [1.165, 1.54) is 70.6 Å². The zero-order chi connectivity index (χ0) is 16.3. The molecule has 1 atom stereocenters. The molecule has 23 heavy (non-hydrogen) atoms. The van der Waals surface area contributed by atoms with Crippen LogP contribution in [0.15, 0.2) is 0 Å². The first-order valence-electron chi connectivity index (χ1n) is 10.3. The van der Waals surface area contributed by atoms with Crippen LogP contribution in [-0.2, 0) is 9.47 Å². The number of epoxide rings is 1. The van der Waals surface area contributed by atoms with Crippen molar-refractivity contribution in [1.29, 1.82) is 0 Å². The molecular formula is C21H38O2. The maximum absolute atomic E-state index is 6.42. The molecule has 1 heterocycles. The van der Waals surface area contributed by atoms with Crippen molar-refractivity contribution in [3.8, 4) is 0 Å². The van der Waals surface area contributed by atoms with Crippen molar-refractivity contribution in [1.82, 2.24) is 0 Å². The van der Waals surface area contributed by atoms with E-state index in [9.17, 15) is 0 Å². The molecule has 2 aliphatic carbocycles. The number of hydrogen-bond acceptors (Lipinski definition) is 2. The van der Waals surface area contributed by atoms with E-state index in [0.717, 1.165) is 25.0 Å². The van der Waals surface area contributed by atoms with E-state index in [4.69, 9.17) is 9.47 Å². The van der Waals surface area contributed by atoms with Crippen molar-refractivity contribution >= 4 is 0 Å². The monoisotopic (exact) mass is 322 g/mol. The average molecular weight is 323 g/mol. The van der Waals surface area contributed by atoms with E-state index in [1.807, 2.05) is 0 Å². The molecule has 2 heteroatoms. The first kappa shape index (κ1) is 17.7. The van der Waals surface area contributed by atoms with E-state index in [0.29, 0.717) is 11.5 Å². The molecule has 3 rings (SSSR count). The van der Waals surface area contributed by atoms with Crippen molar-refractivity contribution in [3.63, 3.8) is 0 Å². The minimum absolute atomic E-state index is 0.167. The third kappa shape index (κ3) is 4.31. The third-order valence-corrected chi connectivity index (χ3v) is 7.29. The van der Waals surface area contributed by atoms with Gasteiger partial charge >= 0.3 is 0 Å². The van der Waals surface area contributed by atoms with Crippen LogP contribution in [0.1, 0.15) is 91.4 Å². The second-order valence-corrected chi connectivity index (χ2v) is 9.13. The topological polar surface area (TPSA) is 21.8 Å². The highest BCUT2D eigenvalue weighted by Crippen LogP contribution is 2.51. The normalized spacial score (nSPS) is 36.1. The Morgan fingerprint density at radius 1 is 1.00 bits per heavy atom. The summed E-state index contributed by atoms with van der Waals surface area (Å²) in [6.45, 7) is 9.19. The zero-order valence-corrected chi connectivity index (χ0v) is 15.7. The lowest BCUT2D eigenvalue weighted by Crippen LogP contribution is -2.43. The molecule has 0 spiro atoms. The molecule has 0 aromatic carbocycles. The Morgan fingerprint density at radius 2 is 1.61 bits per heavy atom. The van der Waals surface area contributed by atoms with Crippen LogP contribution in [0.3, 0.4) is 0 Å². The first-order chi connectivity index (χ1) is 11.1. The summed E-state index contributed by atoms with van der Waals surface area (Å²) in [7, 11) is 0. The Hall–Kier alpha value is -0.0800. The lowest BCUT2D eigenvalue weighted by molar-refractivity contribution is -0.102. The van der Waals surface area contributed by atoms with Crippen molar-refractivity contribution in [2.75, 3.05) is 13.2 Å². The molecule has 2 nitrogen and oxygen atoms in total. The minimum Gasteiger partial charge on any atom is -0.372 e. The third-order valence-electron chi connectivity index (χ3n) is 7.29. The van der Waals surface area contributed by atoms with E-state index in [2.05, 4.69) is 20.8 Å². The number of rotatable bonds is 7. The molecular weight excluding hydrogens is 284 g/mol. The molecule has 0 N–H and O–H groups in total. The predicted molar refractivity (Wildman–Crippen MR) is 95.6 cm³/mol. The van der Waals surface area contributed by atoms with Crippen LogP contribution in [0.2, 0.25) is 0 Å². The van der Waals surface area contributed by atoms with Crippen molar-refractivity contribution in [2.45, 2.75) is 103 Å². The minimum atomic E-state index is 0.167. The van der Waals surface area contributed by atoms with Gasteiger partial charge in [0.1, 0.15) is 6.10 Å². The van der Waals surface area contributed by atoms with Gasteiger partial charge in [0.05, 0.1) is 18.8 Å². The van der Waals surface area contributed by atoms with Gasteiger partial charge in [-0.2, -0.15) is 0 Å². The highest BCUT2D eigenvalue weighted by Gasteiger charge is 2.44. The van der Waals surface area contributed by atoms with Crippen LogP contribution >= 0.6 is 0 Å². The van der Waals surface area contributed by atoms with Gasteiger partial charge in [-0.3, -0.25) is 0 Å². The lowest BCUT2D eigenvalue weighted by Gasteiger charge is -2.49. The highest BCUT2D eigenvalue weighted by molar-refractivity contribution is 4.94. The molecule has 3 fully saturated rings. The van der Waals surface area contributed by atoms with Gasteiger partial charge in [0, 0.05) is 0 Å². The summed E-state index contributed by atoms with van der Waals surface area (Å²) < 4.78 is 11.8. The fraction of sp³-hybridized carbons (Fsp3) is 1.00. The second-order valence-electron chi connectivity index (χ2n) is 9.13. The molecule has 0 bridgehead atoms. The maximum Gasteiger partial charge on any atom is 0.104 e. The Kier molecular flexibility index (Phi) is 5.73. The number of hydrogen-bond donors (Lipinski definition) is 0. The molecule has 3 aliphatic rings. The Labute approximate surface area is 143 Å². The van der Waals surface area contributed by atoms with Crippen LogP contribution in [0.4, 0.5) is 0 Å². The molecule has 2 saturated carbocycles. The van der Waals surface area contributed by atoms with Crippen LogP contribution < -0.4 is 0 Å². The van der Waals surface area contributed by atoms with Crippen molar-refractivity contribution in [2.24, 2.45) is 17.3 Å². The maximum atomic E-state index is 6.42. The summed E-state index contributed by atoms with van der Waals surface area (Å²) in [6.07, 6.45) is 15.5. The van der Waals surface area contributed by atoms with Crippen LogP contribution in [0, 0.1) is 17.3 Å². The summed E-state index contributed by atoms with van der Waals surface area (Å²) in [6, 6.07) is 0. The van der Waals surface area contributed by atoms with Gasteiger partial charge in [-0.25, -0.2) is 0 Å². The van der Waals surface area contributed by atoms with Gasteiger partial charge < -0.3 is 9.47 Å². The summed E-state index contributed by atoms with van der Waals surface area (Å²) >= 11 is 0. The SMILES string of the molecule is CCCC1(OCC2CO2)CCC(C(C)(C)C2CCCCC2)CC1. The van der Waals surface area contributed by atoms with E-state index in [1.54, 1.807) is 0 Å². The summed E-state index contributed by atoms with van der Waals surface area (Å²) in [5, 5.41) is 0. The largest absolute Gasteiger partial charge is 0.372 e. The van der Waals surface area contributed by atoms with Crippen LogP contribution in [-0.4, -0.2) is 24.9 Å². The van der Waals surface area contributed by atoms with Crippen LogP contribution in [0.25, 0.3) is 0 Å². The molecule has 0 radical (unpaired) electrons. The average Bonchev–Trinajstić information content (AvgIpc) is 3.39. The van der Waals surface area contributed by atoms with E-state index >= 15 is 0 Å². The van der Waals surface area contributed by atoms with Gasteiger partial charge in [-0.15, -0.1) is 0 Å². The molecule has 1 unspecified atom stereocenters. The molecule has 1 aliphatic heterocycles. The molecule has 0 aromatic heterocycles. The Balaban J connectivity index is 1.56. The van der Waals surface area contributed by atoms with Crippen molar-refractivity contribution < 1.29 is 9.47 Å². The van der Waals surface area contributed by atoms with Gasteiger partial charge in [-0.1, -0.05) is 46.5 Å². The quantitative estimate of drug-likeness (QED) is 0.558. The Morgan fingerprint density at radius 3 is 2.17 bits per heavy atom. The standard InChI is InChI=1S/C21H38O2/c1-4-12-21(23-16-19-15-22-19)13-10-18(11-14-21)20(2,3)17-8-6-5-7-9-17/h17-19H,4-16H2,1-3H3. The second kappa shape index (κ2) is 7.44. The first-order valence-corrected chi connectivity index (χ1v) is 10.3. The van der Waals surface area contributed by atoms with Gasteiger partial charge in [0.2, 0.25) is 0 Å². The predicted octanol–water partition coefficient (Wildman–Crippen LogP) is 5.74. The van der Waals surface area contributed by atoms with Gasteiger partial charge in [-0.05, 0) is 62.2 Å².